The molecule has 0 spiro atoms. The first-order valence-corrected chi connectivity index (χ1v) is 7.59. The highest BCUT2D eigenvalue weighted by atomic mass is 16.3. The summed E-state index contributed by atoms with van der Waals surface area (Å²) in [5, 5.41) is 4.12. The Balaban J connectivity index is 1.82. The lowest BCUT2D eigenvalue weighted by Crippen LogP contribution is -2.52. The van der Waals surface area contributed by atoms with Gasteiger partial charge in [0.1, 0.15) is 11.3 Å². The number of hydrogen-bond donors (Lipinski definition) is 2. The maximum Gasteiger partial charge on any atom is 0.240 e. The molecule has 1 aliphatic carbocycles. The Morgan fingerprint density at radius 1 is 1.33 bits per heavy atom. The van der Waals surface area contributed by atoms with E-state index in [1.54, 1.807) is 0 Å². The van der Waals surface area contributed by atoms with Crippen molar-refractivity contribution in [1.82, 2.24) is 5.32 Å². The Kier molecular flexibility index (Phi) is 3.49. The zero-order chi connectivity index (χ0) is 15.0. The van der Waals surface area contributed by atoms with Crippen molar-refractivity contribution in [2.24, 2.45) is 5.73 Å². The summed E-state index contributed by atoms with van der Waals surface area (Å²) in [4.78, 5) is 12.4. The van der Waals surface area contributed by atoms with E-state index >= 15 is 0 Å². The Morgan fingerprint density at radius 2 is 2.00 bits per heavy atom. The maximum atomic E-state index is 12.4. The number of carbonyl (C=O) groups is 1. The highest BCUT2D eigenvalue weighted by molar-refractivity contribution is 5.87. The third kappa shape index (κ3) is 2.44. The van der Waals surface area contributed by atoms with Crippen LogP contribution in [0.1, 0.15) is 50.0 Å². The first-order chi connectivity index (χ1) is 10.0. The second-order valence-corrected chi connectivity index (χ2v) is 6.15. The zero-order valence-electron chi connectivity index (χ0n) is 12.6. The second kappa shape index (κ2) is 5.19. The fourth-order valence-corrected chi connectivity index (χ4v) is 3.25. The van der Waals surface area contributed by atoms with Gasteiger partial charge in [-0.05, 0) is 32.8 Å². The lowest BCUT2D eigenvalue weighted by atomic mass is 9.97. The molecule has 0 saturated heterocycles. The van der Waals surface area contributed by atoms with Crippen molar-refractivity contribution in [3.05, 3.63) is 35.6 Å². The number of benzene rings is 1. The van der Waals surface area contributed by atoms with E-state index in [1.807, 2.05) is 38.1 Å². The molecule has 1 fully saturated rings. The summed E-state index contributed by atoms with van der Waals surface area (Å²) >= 11 is 0. The molecule has 1 atom stereocenters. The summed E-state index contributed by atoms with van der Waals surface area (Å²) in [7, 11) is 0. The quantitative estimate of drug-likeness (QED) is 0.910. The van der Waals surface area contributed by atoms with Crippen molar-refractivity contribution in [3.63, 3.8) is 0 Å². The van der Waals surface area contributed by atoms with Gasteiger partial charge in [-0.1, -0.05) is 31.0 Å². The van der Waals surface area contributed by atoms with Gasteiger partial charge in [-0.2, -0.15) is 0 Å². The number of nitrogens with two attached hydrogens (primary N) is 1. The third-order valence-electron chi connectivity index (χ3n) is 4.57. The van der Waals surface area contributed by atoms with Gasteiger partial charge in [-0.25, -0.2) is 0 Å². The molecule has 1 aliphatic rings. The van der Waals surface area contributed by atoms with Crippen LogP contribution in [-0.4, -0.2) is 11.4 Å². The Morgan fingerprint density at radius 3 is 2.67 bits per heavy atom. The molecule has 3 rings (SSSR count). The molecule has 1 heterocycles. The summed E-state index contributed by atoms with van der Waals surface area (Å²) in [6.45, 7) is 3.97. The molecule has 3 N–H and O–H groups in total. The number of para-hydroxylation sites is 1. The summed E-state index contributed by atoms with van der Waals surface area (Å²) in [6.07, 6.45) is 3.60. The topological polar surface area (TPSA) is 68.3 Å². The first-order valence-electron chi connectivity index (χ1n) is 7.59. The molecule has 0 radical (unpaired) electrons. The van der Waals surface area contributed by atoms with Gasteiger partial charge in [0.25, 0.3) is 0 Å². The number of carbonyl (C=O) groups excluding carboxylic acids is 1. The predicted octanol–water partition coefficient (Wildman–Crippen LogP) is 3.19. The van der Waals surface area contributed by atoms with Crippen LogP contribution in [0.2, 0.25) is 0 Å². The van der Waals surface area contributed by atoms with Gasteiger partial charge in [0.2, 0.25) is 5.91 Å². The number of aryl methyl sites for hydroxylation is 1. The minimum atomic E-state index is -0.700. The van der Waals surface area contributed by atoms with Crippen molar-refractivity contribution >= 4 is 16.9 Å². The van der Waals surface area contributed by atoms with Crippen LogP contribution in [-0.2, 0) is 4.79 Å². The van der Waals surface area contributed by atoms with Crippen molar-refractivity contribution in [3.8, 4) is 0 Å². The third-order valence-corrected chi connectivity index (χ3v) is 4.57. The summed E-state index contributed by atoms with van der Waals surface area (Å²) in [5.74, 6) is 0.749. The van der Waals surface area contributed by atoms with Crippen LogP contribution in [0.5, 0.6) is 0 Å². The Labute approximate surface area is 124 Å². The minimum absolute atomic E-state index is 0.0626. The SMILES string of the molecule is Cc1c(C(C)NC(=O)C2(N)CCCC2)oc2ccccc12. The smallest absolute Gasteiger partial charge is 0.240 e. The minimum Gasteiger partial charge on any atom is -0.459 e. The fraction of sp³-hybridized carbons (Fsp3) is 0.471. The van der Waals surface area contributed by atoms with Crippen LogP contribution in [0.15, 0.2) is 28.7 Å². The lowest BCUT2D eigenvalue weighted by molar-refractivity contribution is -0.126. The highest BCUT2D eigenvalue weighted by Crippen LogP contribution is 2.31. The van der Waals surface area contributed by atoms with Gasteiger partial charge in [0.15, 0.2) is 0 Å². The monoisotopic (exact) mass is 286 g/mol. The maximum absolute atomic E-state index is 12.4. The van der Waals surface area contributed by atoms with Crippen LogP contribution < -0.4 is 11.1 Å². The fourth-order valence-electron chi connectivity index (χ4n) is 3.25. The molecule has 4 heteroatoms. The first kappa shape index (κ1) is 14.1. The molecule has 1 amide bonds. The number of fused-ring (bicyclic) bond motifs is 1. The van der Waals surface area contributed by atoms with E-state index in [1.165, 1.54) is 0 Å². The van der Waals surface area contributed by atoms with Crippen LogP contribution >= 0.6 is 0 Å². The molecule has 2 aromatic rings. The van der Waals surface area contributed by atoms with Gasteiger partial charge in [-0.15, -0.1) is 0 Å². The molecular weight excluding hydrogens is 264 g/mol. The zero-order valence-corrected chi connectivity index (χ0v) is 12.6. The number of hydrogen-bond acceptors (Lipinski definition) is 3. The average Bonchev–Trinajstić information content (AvgIpc) is 3.05. The number of rotatable bonds is 3. The van der Waals surface area contributed by atoms with Crippen molar-refractivity contribution in [1.29, 1.82) is 0 Å². The average molecular weight is 286 g/mol. The van der Waals surface area contributed by atoms with Crippen molar-refractivity contribution < 1.29 is 9.21 Å². The molecule has 1 saturated carbocycles. The van der Waals surface area contributed by atoms with E-state index in [0.29, 0.717) is 0 Å². The summed E-state index contributed by atoms with van der Waals surface area (Å²) in [5.41, 5.74) is 7.43. The standard InChI is InChI=1S/C17H22N2O2/c1-11-13-7-3-4-8-14(13)21-15(11)12(2)19-16(20)17(18)9-5-6-10-17/h3-4,7-8,12H,5-6,9-10,18H2,1-2H3,(H,19,20). The van der Waals surface area contributed by atoms with Gasteiger partial charge in [0.05, 0.1) is 11.6 Å². The lowest BCUT2D eigenvalue weighted by Gasteiger charge is -2.24. The number of amides is 1. The van der Waals surface area contributed by atoms with Gasteiger partial charge < -0.3 is 15.5 Å². The van der Waals surface area contributed by atoms with Gasteiger partial charge >= 0.3 is 0 Å². The van der Waals surface area contributed by atoms with Crippen molar-refractivity contribution in [2.45, 2.75) is 51.1 Å². The number of nitrogens with one attached hydrogen (secondary N) is 1. The second-order valence-electron chi connectivity index (χ2n) is 6.15. The summed E-state index contributed by atoms with van der Waals surface area (Å²) < 4.78 is 5.90. The molecule has 1 unspecified atom stereocenters. The van der Waals surface area contributed by atoms with Crippen LogP contribution in [0.4, 0.5) is 0 Å². The molecule has 4 nitrogen and oxygen atoms in total. The largest absolute Gasteiger partial charge is 0.459 e. The molecule has 1 aromatic carbocycles. The van der Waals surface area contributed by atoms with Gasteiger partial charge in [0, 0.05) is 10.9 Å². The van der Waals surface area contributed by atoms with E-state index in [9.17, 15) is 4.79 Å². The predicted molar refractivity (Wildman–Crippen MR) is 82.9 cm³/mol. The van der Waals surface area contributed by atoms with E-state index < -0.39 is 5.54 Å². The molecule has 0 bridgehead atoms. The normalized spacial score (nSPS) is 18.8. The van der Waals surface area contributed by atoms with Crippen LogP contribution in [0.3, 0.4) is 0 Å². The van der Waals surface area contributed by atoms with Crippen LogP contribution in [0.25, 0.3) is 11.0 Å². The van der Waals surface area contributed by atoms with Gasteiger partial charge in [-0.3, -0.25) is 4.79 Å². The van der Waals surface area contributed by atoms with E-state index in [-0.39, 0.29) is 11.9 Å². The molecular formula is C17H22N2O2. The summed E-state index contributed by atoms with van der Waals surface area (Å²) in [6, 6.07) is 7.75. The highest BCUT2D eigenvalue weighted by Gasteiger charge is 2.37. The molecule has 0 aliphatic heterocycles. The Hall–Kier alpha value is -1.81. The van der Waals surface area contributed by atoms with E-state index in [2.05, 4.69) is 5.32 Å². The van der Waals surface area contributed by atoms with E-state index in [4.69, 9.17) is 10.2 Å². The molecule has 21 heavy (non-hydrogen) atoms. The van der Waals surface area contributed by atoms with E-state index in [0.717, 1.165) is 48.0 Å². The number of furan rings is 1. The van der Waals surface area contributed by atoms with Crippen LogP contribution in [0, 0.1) is 6.92 Å². The Bertz CT molecular complexity index is 668. The molecule has 112 valence electrons. The molecule has 1 aromatic heterocycles. The van der Waals surface area contributed by atoms with Crippen molar-refractivity contribution in [2.75, 3.05) is 0 Å².